The Hall–Kier alpha value is -2.39. The summed E-state index contributed by atoms with van der Waals surface area (Å²) in [6, 6.07) is 3.34. The molecular weight excluding hydrogens is 258 g/mol. The minimum Gasteiger partial charge on any atom is -0.395 e. The lowest BCUT2D eigenvalue weighted by Gasteiger charge is -2.18. The molecule has 0 unspecified atom stereocenters. The Morgan fingerprint density at radius 2 is 2.25 bits per heavy atom. The smallest absolute Gasteiger partial charge is 0.274 e. The Kier molecular flexibility index (Phi) is 6.20. The maximum Gasteiger partial charge on any atom is 0.274 e. The van der Waals surface area contributed by atoms with Crippen molar-refractivity contribution < 1.29 is 14.7 Å². The van der Waals surface area contributed by atoms with Gasteiger partial charge in [-0.2, -0.15) is 0 Å². The third-order valence-corrected chi connectivity index (χ3v) is 2.49. The van der Waals surface area contributed by atoms with Crippen LogP contribution in [0.25, 0.3) is 0 Å². The van der Waals surface area contributed by atoms with Gasteiger partial charge in [-0.1, -0.05) is 11.8 Å². The minimum atomic E-state index is -0.580. The minimum absolute atomic E-state index is 0.0424. The first kappa shape index (κ1) is 15.7. The maximum absolute atomic E-state index is 12.3. The van der Waals surface area contributed by atoms with Crippen molar-refractivity contribution in [3.05, 3.63) is 29.6 Å². The summed E-state index contributed by atoms with van der Waals surface area (Å²) in [4.78, 5) is 28.6. The zero-order chi connectivity index (χ0) is 15.0. The molecule has 6 heteroatoms. The molecule has 0 aromatic carbocycles. The molecule has 1 aromatic rings. The van der Waals surface area contributed by atoms with Crippen molar-refractivity contribution in [1.82, 2.24) is 9.88 Å². The molecule has 20 heavy (non-hydrogen) atoms. The van der Waals surface area contributed by atoms with Gasteiger partial charge in [-0.25, -0.2) is 4.98 Å². The fourth-order valence-corrected chi connectivity index (χ4v) is 1.56. The van der Waals surface area contributed by atoms with Gasteiger partial charge in [0.25, 0.3) is 5.91 Å². The second-order valence-electron chi connectivity index (χ2n) is 3.96. The van der Waals surface area contributed by atoms with E-state index in [1.54, 1.807) is 19.1 Å². The molecule has 0 saturated carbocycles. The quantitative estimate of drug-likeness (QED) is 0.725. The summed E-state index contributed by atoms with van der Waals surface area (Å²) in [5.74, 6) is 4.56. The molecule has 0 aliphatic carbocycles. The Labute approximate surface area is 117 Å². The molecule has 0 fully saturated rings. The van der Waals surface area contributed by atoms with E-state index in [0.29, 0.717) is 18.5 Å². The van der Waals surface area contributed by atoms with Crippen LogP contribution in [-0.2, 0) is 4.79 Å². The van der Waals surface area contributed by atoms with Gasteiger partial charge in [0.1, 0.15) is 5.69 Å². The van der Waals surface area contributed by atoms with E-state index in [1.807, 2.05) is 0 Å². The maximum atomic E-state index is 12.3. The predicted molar refractivity (Wildman–Crippen MR) is 73.6 cm³/mol. The molecule has 0 aliphatic heterocycles. The Morgan fingerprint density at radius 1 is 1.50 bits per heavy atom. The molecule has 2 amide bonds. The fraction of sp³-hybridized carbons (Fsp3) is 0.357. The van der Waals surface area contributed by atoms with Crippen LogP contribution in [0.1, 0.15) is 29.4 Å². The van der Waals surface area contributed by atoms with Crippen molar-refractivity contribution >= 4 is 11.8 Å². The van der Waals surface area contributed by atoms with E-state index in [4.69, 9.17) is 10.8 Å². The molecule has 0 spiro atoms. The number of likely N-dealkylation sites (N-methyl/N-ethyl adjacent to an activating group) is 1. The molecule has 3 N–H and O–H groups in total. The molecule has 1 rings (SSSR count). The number of aliphatic hydroxyl groups excluding tert-OH is 1. The summed E-state index contributed by atoms with van der Waals surface area (Å²) in [5, 5.41) is 8.70. The first-order chi connectivity index (χ1) is 9.60. The number of amides is 2. The van der Waals surface area contributed by atoms with Crippen molar-refractivity contribution in [2.75, 3.05) is 19.7 Å². The summed E-state index contributed by atoms with van der Waals surface area (Å²) in [5.41, 5.74) is 5.76. The number of carbonyl (C=O) groups excluding carboxylic acids is 2. The number of carbonyl (C=O) groups is 2. The van der Waals surface area contributed by atoms with Crippen molar-refractivity contribution in [3.8, 4) is 11.8 Å². The summed E-state index contributed by atoms with van der Waals surface area (Å²) >= 11 is 0. The third-order valence-electron chi connectivity index (χ3n) is 2.49. The summed E-state index contributed by atoms with van der Waals surface area (Å²) < 4.78 is 0. The largest absolute Gasteiger partial charge is 0.395 e. The van der Waals surface area contributed by atoms with Crippen molar-refractivity contribution in [2.45, 2.75) is 13.3 Å². The second-order valence-corrected chi connectivity index (χ2v) is 3.96. The number of nitrogens with two attached hydrogens (primary N) is 1. The number of rotatable bonds is 5. The predicted octanol–water partition coefficient (Wildman–Crippen LogP) is -0.237. The fourth-order valence-electron chi connectivity index (χ4n) is 1.56. The molecule has 0 saturated heterocycles. The van der Waals surface area contributed by atoms with Crippen LogP contribution in [0.2, 0.25) is 0 Å². The summed E-state index contributed by atoms with van der Waals surface area (Å²) in [7, 11) is 0. The first-order valence-electron chi connectivity index (χ1n) is 6.22. The average molecular weight is 275 g/mol. The van der Waals surface area contributed by atoms with Crippen molar-refractivity contribution in [2.24, 2.45) is 5.73 Å². The highest BCUT2D eigenvalue weighted by atomic mass is 16.2. The number of primary amides is 1. The first-order valence-corrected chi connectivity index (χ1v) is 6.22. The van der Waals surface area contributed by atoms with E-state index in [2.05, 4.69) is 16.8 Å². The number of aliphatic hydroxyl groups is 1. The molecule has 0 aliphatic rings. The van der Waals surface area contributed by atoms with E-state index < -0.39 is 5.91 Å². The monoisotopic (exact) mass is 275 g/mol. The lowest BCUT2D eigenvalue weighted by molar-refractivity contribution is -0.118. The molecule has 1 heterocycles. The van der Waals surface area contributed by atoms with Gasteiger partial charge >= 0.3 is 0 Å². The van der Waals surface area contributed by atoms with E-state index in [0.717, 1.165) is 0 Å². The lowest BCUT2D eigenvalue weighted by Crippen LogP contribution is -2.38. The number of hydrogen-bond donors (Lipinski definition) is 2. The van der Waals surface area contributed by atoms with Gasteiger partial charge in [0, 0.05) is 19.2 Å². The highest BCUT2D eigenvalue weighted by Gasteiger charge is 2.19. The van der Waals surface area contributed by atoms with Gasteiger partial charge in [0.2, 0.25) is 5.91 Å². The zero-order valence-corrected chi connectivity index (χ0v) is 11.3. The Balaban J connectivity index is 3.03. The highest BCUT2D eigenvalue weighted by molar-refractivity contribution is 5.96. The topological polar surface area (TPSA) is 96.5 Å². The van der Waals surface area contributed by atoms with E-state index in [1.165, 1.54) is 11.1 Å². The normalized spacial score (nSPS) is 9.50. The molecule has 0 radical (unpaired) electrons. The lowest BCUT2D eigenvalue weighted by atomic mass is 10.1. The van der Waals surface area contributed by atoms with Gasteiger partial charge < -0.3 is 15.7 Å². The summed E-state index contributed by atoms with van der Waals surface area (Å²) in [6.45, 7) is 1.90. The van der Waals surface area contributed by atoms with Crippen LogP contribution in [0.15, 0.2) is 18.3 Å². The molecule has 1 aromatic heterocycles. The van der Waals surface area contributed by atoms with Crippen LogP contribution in [0, 0.1) is 11.8 Å². The number of hydrogen-bond acceptors (Lipinski definition) is 4. The van der Waals surface area contributed by atoms with E-state index >= 15 is 0 Å². The molecule has 106 valence electrons. The van der Waals surface area contributed by atoms with Crippen molar-refractivity contribution in [1.29, 1.82) is 0 Å². The number of pyridine rings is 1. The van der Waals surface area contributed by atoms with E-state index in [-0.39, 0.29) is 24.8 Å². The zero-order valence-electron chi connectivity index (χ0n) is 11.3. The molecule has 0 bridgehead atoms. The van der Waals surface area contributed by atoms with E-state index in [9.17, 15) is 9.59 Å². The molecule has 6 nitrogen and oxygen atoms in total. The van der Waals surface area contributed by atoms with Gasteiger partial charge in [-0.05, 0) is 19.1 Å². The molecular formula is C14H17N3O3. The average Bonchev–Trinajstić information content (AvgIpc) is 2.44. The van der Waals surface area contributed by atoms with Crippen LogP contribution in [-0.4, -0.2) is 46.5 Å². The molecule has 0 atom stereocenters. The van der Waals surface area contributed by atoms with Gasteiger partial charge in [0.15, 0.2) is 0 Å². The van der Waals surface area contributed by atoms with Gasteiger partial charge in [-0.15, -0.1) is 0 Å². The Bertz CT molecular complexity index is 546. The van der Waals surface area contributed by atoms with Gasteiger partial charge in [-0.3, -0.25) is 9.59 Å². The van der Waals surface area contributed by atoms with Crippen LogP contribution in [0.3, 0.4) is 0 Å². The van der Waals surface area contributed by atoms with Crippen LogP contribution in [0.5, 0.6) is 0 Å². The summed E-state index contributed by atoms with van der Waals surface area (Å²) in [6.07, 6.45) is 1.81. The van der Waals surface area contributed by atoms with Crippen LogP contribution in [0.4, 0.5) is 0 Å². The Morgan fingerprint density at radius 3 is 2.85 bits per heavy atom. The standard InChI is InChI=1S/C14H17N3O3/c1-2-17(10-12(15)19)14(20)13-11(6-3-4-9-18)7-5-8-16-13/h5,7-8,18H,2,4,9-10H2,1H3,(H2,15,19). The van der Waals surface area contributed by atoms with Gasteiger partial charge in [0.05, 0.1) is 18.7 Å². The highest BCUT2D eigenvalue weighted by Crippen LogP contribution is 2.08. The second kappa shape index (κ2) is 7.92. The SMILES string of the molecule is CCN(CC(N)=O)C(=O)c1ncccc1C#CCCO. The van der Waals surface area contributed by atoms with Crippen molar-refractivity contribution in [3.63, 3.8) is 0 Å². The van der Waals surface area contributed by atoms with Crippen LogP contribution >= 0.6 is 0 Å². The number of nitrogens with zero attached hydrogens (tertiary/aromatic N) is 2. The van der Waals surface area contributed by atoms with Crippen LogP contribution < -0.4 is 5.73 Å². The third kappa shape index (κ3) is 4.37. The number of aromatic nitrogens is 1.